The number of nitrogens with zero attached hydrogens (tertiary/aromatic N) is 1. The van der Waals surface area contributed by atoms with E-state index in [9.17, 15) is 0 Å². The standard InChI is InChI=1S/C12H24N2/c1-10(13-11(2,3)4)12(5)7-8-14(6)9-12/h13H,1,7-9H2,2-6H3. The molecule has 0 saturated carbocycles. The minimum atomic E-state index is 0.126. The largest absolute Gasteiger partial charge is 0.384 e. The lowest BCUT2D eigenvalue weighted by Gasteiger charge is -2.33. The smallest absolute Gasteiger partial charge is 0.0286 e. The quantitative estimate of drug-likeness (QED) is 0.728. The van der Waals surface area contributed by atoms with Crippen LogP contribution in [0, 0.1) is 5.41 Å². The average Bonchev–Trinajstić information content (AvgIpc) is 2.29. The van der Waals surface area contributed by atoms with E-state index in [0.717, 1.165) is 6.54 Å². The SMILES string of the molecule is C=C(NC(C)(C)C)C1(C)CCN(C)C1. The molecular formula is C12H24N2. The average molecular weight is 196 g/mol. The maximum absolute atomic E-state index is 4.19. The Morgan fingerprint density at radius 2 is 2.00 bits per heavy atom. The van der Waals surface area contributed by atoms with Crippen molar-refractivity contribution in [3.8, 4) is 0 Å². The summed E-state index contributed by atoms with van der Waals surface area (Å²) in [5.74, 6) is 0. The van der Waals surface area contributed by atoms with Gasteiger partial charge in [0, 0.05) is 23.2 Å². The van der Waals surface area contributed by atoms with Crippen molar-refractivity contribution in [1.29, 1.82) is 0 Å². The highest BCUT2D eigenvalue weighted by Gasteiger charge is 2.35. The third kappa shape index (κ3) is 2.74. The topological polar surface area (TPSA) is 15.3 Å². The van der Waals surface area contributed by atoms with Crippen molar-refractivity contribution in [2.45, 2.75) is 39.7 Å². The van der Waals surface area contributed by atoms with Gasteiger partial charge >= 0.3 is 0 Å². The Balaban J connectivity index is 2.61. The molecule has 2 heteroatoms. The second-order valence-corrected chi connectivity index (χ2v) is 5.90. The second kappa shape index (κ2) is 3.58. The maximum atomic E-state index is 4.19. The van der Waals surface area contributed by atoms with Gasteiger partial charge in [0.1, 0.15) is 0 Å². The molecule has 1 aliphatic rings. The maximum Gasteiger partial charge on any atom is 0.0286 e. The molecule has 14 heavy (non-hydrogen) atoms. The van der Waals surface area contributed by atoms with E-state index >= 15 is 0 Å². The van der Waals surface area contributed by atoms with Crippen molar-refractivity contribution in [2.75, 3.05) is 20.1 Å². The van der Waals surface area contributed by atoms with Crippen LogP contribution in [0.2, 0.25) is 0 Å². The highest BCUT2D eigenvalue weighted by Crippen LogP contribution is 2.35. The fraction of sp³-hybridized carbons (Fsp3) is 0.833. The normalized spacial score (nSPS) is 29.2. The molecule has 0 aromatic heterocycles. The second-order valence-electron chi connectivity index (χ2n) is 5.90. The Kier molecular flexibility index (Phi) is 2.96. The van der Waals surface area contributed by atoms with Crippen LogP contribution < -0.4 is 5.32 Å². The first kappa shape index (κ1) is 11.6. The molecule has 0 spiro atoms. The molecule has 0 bridgehead atoms. The lowest BCUT2D eigenvalue weighted by Crippen LogP contribution is -2.41. The molecule has 1 rings (SSSR count). The number of hydrogen-bond donors (Lipinski definition) is 1. The lowest BCUT2D eigenvalue weighted by atomic mass is 9.85. The molecule has 1 saturated heterocycles. The first-order valence-electron chi connectivity index (χ1n) is 5.39. The zero-order valence-electron chi connectivity index (χ0n) is 10.3. The molecule has 0 aromatic carbocycles. The van der Waals surface area contributed by atoms with Crippen LogP contribution in [0.25, 0.3) is 0 Å². The van der Waals surface area contributed by atoms with Crippen LogP contribution in [0.4, 0.5) is 0 Å². The summed E-state index contributed by atoms with van der Waals surface area (Å²) in [6.07, 6.45) is 1.21. The molecule has 0 aliphatic carbocycles. The van der Waals surface area contributed by atoms with E-state index in [1.54, 1.807) is 0 Å². The summed E-state index contributed by atoms with van der Waals surface area (Å²) in [6, 6.07) is 0. The Morgan fingerprint density at radius 1 is 1.43 bits per heavy atom. The highest BCUT2D eigenvalue weighted by molar-refractivity contribution is 5.12. The Labute approximate surface area is 88.4 Å². The molecule has 1 unspecified atom stereocenters. The molecular weight excluding hydrogens is 172 g/mol. The Bertz CT molecular complexity index is 227. The zero-order chi connectivity index (χ0) is 11.0. The Hall–Kier alpha value is -0.500. The summed E-state index contributed by atoms with van der Waals surface area (Å²) >= 11 is 0. The van der Waals surface area contributed by atoms with Gasteiger partial charge in [-0.3, -0.25) is 0 Å². The van der Waals surface area contributed by atoms with Crippen LogP contribution >= 0.6 is 0 Å². The monoisotopic (exact) mass is 196 g/mol. The molecule has 0 aromatic rings. The molecule has 1 heterocycles. The van der Waals surface area contributed by atoms with Crippen molar-refractivity contribution < 1.29 is 0 Å². The molecule has 82 valence electrons. The molecule has 1 atom stereocenters. The van der Waals surface area contributed by atoms with Crippen LogP contribution in [0.15, 0.2) is 12.3 Å². The Morgan fingerprint density at radius 3 is 2.36 bits per heavy atom. The van der Waals surface area contributed by atoms with E-state index in [2.05, 4.69) is 51.5 Å². The molecule has 1 N–H and O–H groups in total. The molecule has 0 amide bonds. The van der Waals surface area contributed by atoms with Crippen molar-refractivity contribution >= 4 is 0 Å². The van der Waals surface area contributed by atoms with Crippen LogP contribution in [-0.4, -0.2) is 30.6 Å². The van der Waals surface area contributed by atoms with Gasteiger partial charge in [0.05, 0.1) is 0 Å². The van der Waals surface area contributed by atoms with E-state index in [-0.39, 0.29) is 11.0 Å². The van der Waals surface area contributed by atoms with Crippen LogP contribution in [-0.2, 0) is 0 Å². The highest BCUT2D eigenvalue weighted by atomic mass is 15.1. The van der Waals surface area contributed by atoms with Crippen molar-refractivity contribution in [1.82, 2.24) is 10.2 Å². The van der Waals surface area contributed by atoms with Gasteiger partial charge in [0.2, 0.25) is 0 Å². The van der Waals surface area contributed by atoms with Gasteiger partial charge in [-0.15, -0.1) is 0 Å². The molecule has 1 fully saturated rings. The first-order valence-corrected chi connectivity index (χ1v) is 5.39. The van der Waals surface area contributed by atoms with Gasteiger partial charge in [-0.2, -0.15) is 0 Å². The van der Waals surface area contributed by atoms with E-state index in [0.29, 0.717) is 0 Å². The molecule has 2 nitrogen and oxygen atoms in total. The summed E-state index contributed by atoms with van der Waals surface area (Å²) in [6.45, 7) is 15.3. The number of hydrogen-bond acceptors (Lipinski definition) is 2. The predicted octanol–water partition coefficient (Wildman–Crippen LogP) is 2.23. The number of nitrogens with one attached hydrogen (secondary N) is 1. The fourth-order valence-corrected chi connectivity index (χ4v) is 2.04. The zero-order valence-corrected chi connectivity index (χ0v) is 10.3. The van der Waals surface area contributed by atoms with E-state index < -0.39 is 0 Å². The summed E-state index contributed by atoms with van der Waals surface area (Å²) in [5.41, 5.74) is 1.57. The van der Waals surface area contributed by atoms with E-state index in [4.69, 9.17) is 0 Å². The fourth-order valence-electron chi connectivity index (χ4n) is 2.04. The van der Waals surface area contributed by atoms with Gasteiger partial charge < -0.3 is 10.2 Å². The summed E-state index contributed by atoms with van der Waals surface area (Å²) in [4.78, 5) is 2.37. The predicted molar refractivity (Wildman–Crippen MR) is 62.2 cm³/mol. The third-order valence-electron chi connectivity index (χ3n) is 2.92. The van der Waals surface area contributed by atoms with Gasteiger partial charge in [-0.1, -0.05) is 13.5 Å². The van der Waals surface area contributed by atoms with Crippen molar-refractivity contribution in [2.24, 2.45) is 5.41 Å². The molecule has 0 radical (unpaired) electrons. The van der Waals surface area contributed by atoms with E-state index in [1.165, 1.54) is 18.7 Å². The lowest BCUT2D eigenvalue weighted by molar-refractivity contribution is 0.318. The van der Waals surface area contributed by atoms with Crippen molar-refractivity contribution in [3.63, 3.8) is 0 Å². The van der Waals surface area contributed by atoms with Crippen molar-refractivity contribution in [3.05, 3.63) is 12.3 Å². The van der Waals surface area contributed by atoms with Crippen LogP contribution in [0.1, 0.15) is 34.1 Å². The van der Waals surface area contributed by atoms with Gasteiger partial charge in [-0.05, 0) is 40.8 Å². The summed E-state index contributed by atoms with van der Waals surface area (Å²) in [7, 11) is 2.18. The number of likely N-dealkylation sites (tertiary alicyclic amines) is 1. The molecule has 1 aliphatic heterocycles. The summed E-state index contributed by atoms with van der Waals surface area (Å²) in [5, 5.41) is 3.50. The van der Waals surface area contributed by atoms with Gasteiger partial charge in [0.15, 0.2) is 0 Å². The third-order valence-corrected chi connectivity index (χ3v) is 2.92. The first-order chi connectivity index (χ1) is 6.23. The minimum Gasteiger partial charge on any atom is -0.384 e. The van der Waals surface area contributed by atoms with Gasteiger partial charge in [0.25, 0.3) is 0 Å². The number of rotatable bonds is 2. The van der Waals surface area contributed by atoms with Crippen LogP contribution in [0.5, 0.6) is 0 Å². The van der Waals surface area contributed by atoms with Crippen LogP contribution in [0.3, 0.4) is 0 Å². The van der Waals surface area contributed by atoms with Gasteiger partial charge in [-0.25, -0.2) is 0 Å². The minimum absolute atomic E-state index is 0.126. The summed E-state index contributed by atoms with van der Waals surface area (Å²) < 4.78 is 0. The van der Waals surface area contributed by atoms with E-state index in [1.807, 2.05) is 0 Å².